The first kappa shape index (κ1) is 14.3. The van der Waals surface area contributed by atoms with Crippen molar-refractivity contribution in [2.45, 2.75) is 44.6 Å². The van der Waals surface area contributed by atoms with Crippen LogP contribution in [-0.4, -0.2) is 60.7 Å². The van der Waals surface area contributed by atoms with Gasteiger partial charge in [0, 0.05) is 31.2 Å². The van der Waals surface area contributed by atoms with Crippen LogP contribution in [0.25, 0.3) is 0 Å². The topological polar surface area (TPSA) is 52.9 Å². The van der Waals surface area contributed by atoms with E-state index in [-0.39, 0.29) is 18.6 Å². The number of hydrogen-bond donors (Lipinski definition) is 2. The van der Waals surface area contributed by atoms with Crippen LogP contribution in [0.3, 0.4) is 0 Å². The fraction of sp³-hybridized carbons (Fsp3) is 1.00. The number of rotatable bonds is 5. The molecule has 0 aromatic heterocycles. The third-order valence-corrected chi connectivity index (χ3v) is 4.49. The number of likely N-dealkylation sites (tertiary alicyclic amines) is 1. The first-order valence-electron chi connectivity index (χ1n) is 7.33. The molecule has 106 valence electrons. The molecule has 2 unspecified atom stereocenters. The van der Waals surface area contributed by atoms with Crippen molar-refractivity contribution in [3.8, 4) is 0 Å². The summed E-state index contributed by atoms with van der Waals surface area (Å²) in [4.78, 5) is 2.48. The van der Waals surface area contributed by atoms with Gasteiger partial charge < -0.3 is 14.9 Å². The van der Waals surface area contributed by atoms with Crippen LogP contribution in [0, 0.1) is 5.41 Å². The second-order valence-electron chi connectivity index (χ2n) is 5.95. The lowest BCUT2D eigenvalue weighted by Crippen LogP contribution is -2.50. The lowest BCUT2D eigenvalue weighted by atomic mass is 9.81. The minimum atomic E-state index is -0.0662. The predicted octanol–water partition coefficient (Wildman–Crippen LogP) is 1.01. The van der Waals surface area contributed by atoms with Gasteiger partial charge in [-0.05, 0) is 38.6 Å². The Kier molecular flexibility index (Phi) is 5.42. The monoisotopic (exact) mass is 257 g/mol. The van der Waals surface area contributed by atoms with Crippen LogP contribution in [0.4, 0.5) is 0 Å². The average molecular weight is 257 g/mol. The molecule has 0 aliphatic carbocycles. The zero-order chi connectivity index (χ0) is 12.8. The molecule has 2 aliphatic rings. The highest BCUT2D eigenvalue weighted by Gasteiger charge is 2.36. The molecule has 0 spiro atoms. The molecule has 4 nitrogen and oxygen atoms in total. The third-order valence-electron chi connectivity index (χ3n) is 4.49. The van der Waals surface area contributed by atoms with Crippen LogP contribution in [0.2, 0.25) is 0 Å². The number of nitrogens with zero attached hydrogens (tertiary/aromatic N) is 1. The highest BCUT2D eigenvalue weighted by Crippen LogP contribution is 2.32. The van der Waals surface area contributed by atoms with E-state index in [0.29, 0.717) is 12.6 Å². The van der Waals surface area contributed by atoms with Crippen LogP contribution in [0.1, 0.15) is 38.5 Å². The molecule has 2 rings (SSSR count). The van der Waals surface area contributed by atoms with Crippen molar-refractivity contribution < 1.29 is 14.9 Å². The number of ether oxygens (including phenoxy) is 1. The van der Waals surface area contributed by atoms with Crippen molar-refractivity contribution in [2.24, 2.45) is 5.41 Å². The van der Waals surface area contributed by atoms with E-state index in [4.69, 9.17) is 9.84 Å². The molecule has 2 heterocycles. The molecule has 2 aliphatic heterocycles. The Hall–Kier alpha value is -0.160. The van der Waals surface area contributed by atoms with Crippen LogP contribution < -0.4 is 0 Å². The summed E-state index contributed by atoms with van der Waals surface area (Å²) in [6, 6.07) is 0.495. The lowest BCUT2D eigenvalue weighted by molar-refractivity contribution is -0.0659. The summed E-state index contributed by atoms with van der Waals surface area (Å²) < 4.78 is 5.58. The van der Waals surface area contributed by atoms with Crippen LogP contribution in [0.15, 0.2) is 0 Å². The third kappa shape index (κ3) is 3.44. The maximum atomic E-state index is 9.73. The summed E-state index contributed by atoms with van der Waals surface area (Å²) in [5.74, 6) is 0. The van der Waals surface area contributed by atoms with Gasteiger partial charge in [0.15, 0.2) is 0 Å². The molecule has 0 aromatic rings. The Balaban J connectivity index is 1.95. The molecule has 18 heavy (non-hydrogen) atoms. The Morgan fingerprint density at radius 2 is 2.11 bits per heavy atom. The molecule has 2 atom stereocenters. The molecule has 0 amide bonds. The van der Waals surface area contributed by atoms with E-state index in [1.807, 2.05) is 0 Å². The van der Waals surface area contributed by atoms with Gasteiger partial charge in [-0.1, -0.05) is 6.42 Å². The predicted molar refractivity (Wildman–Crippen MR) is 70.5 cm³/mol. The van der Waals surface area contributed by atoms with Crippen molar-refractivity contribution in [1.29, 1.82) is 0 Å². The zero-order valence-electron chi connectivity index (χ0n) is 11.3. The Labute approximate surface area is 110 Å². The van der Waals surface area contributed by atoms with Crippen molar-refractivity contribution in [3.63, 3.8) is 0 Å². The highest BCUT2D eigenvalue weighted by molar-refractivity contribution is 4.88. The molecule has 0 bridgehead atoms. The number of aliphatic hydroxyl groups is 2. The summed E-state index contributed by atoms with van der Waals surface area (Å²) in [6.07, 6.45) is 6.67. The molecular weight excluding hydrogens is 230 g/mol. The maximum absolute atomic E-state index is 9.73. The summed E-state index contributed by atoms with van der Waals surface area (Å²) >= 11 is 0. The van der Waals surface area contributed by atoms with Gasteiger partial charge in [-0.25, -0.2) is 0 Å². The van der Waals surface area contributed by atoms with E-state index in [0.717, 1.165) is 39.0 Å². The quantitative estimate of drug-likeness (QED) is 0.772. The normalized spacial score (nSPS) is 34.7. The number of hydrogen-bond acceptors (Lipinski definition) is 4. The minimum absolute atomic E-state index is 0.0662. The van der Waals surface area contributed by atoms with E-state index in [2.05, 4.69) is 4.90 Å². The summed E-state index contributed by atoms with van der Waals surface area (Å²) in [6.45, 7) is 4.04. The lowest BCUT2D eigenvalue weighted by Gasteiger charge is -2.44. The van der Waals surface area contributed by atoms with Crippen LogP contribution in [0.5, 0.6) is 0 Å². The van der Waals surface area contributed by atoms with Gasteiger partial charge in [-0.2, -0.15) is 0 Å². The Bertz CT molecular complexity index is 239. The molecular formula is C14H27NO3. The fourth-order valence-corrected chi connectivity index (χ4v) is 3.38. The second kappa shape index (κ2) is 6.85. The second-order valence-corrected chi connectivity index (χ2v) is 5.95. The summed E-state index contributed by atoms with van der Waals surface area (Å²) in [5, 5.41) is 18.9. The molecule has 0 radical (unpaired) electrons. The van der Waals surface area contributed by atoms with Crippen molar-refractivity contribution in [2.75, 3.05) is 39.5 Å². The largest absolute Gasteiger partial charge is 0.396 e. The minimum Gasteiger partial charge on any atom is -0.396 e. The maximum Gasteiger partial charge on any atom is 0.0556 e. The van der Waals surface area contributed by atoms with Gasteiger partial charge in [-0.15, -0.1) is 0 Å². The van der Waals surface area contributed by atoms with Gasteiger partial charge in [0.1, 0.15) is 0 Å². The molecule has 2 fully saturated rings. The van der Waals surface area contributed by atoms with Gasteiger partial charge in [0.25, 0.3) is 0 Å². The van der Waals surface area contributed by atoms with E-state index >= 15 is 0 Å². The molecule has 4 heteroatoms. The van der Waals surface area contributed by atoms with E-state index in [1.165, 1.54) is 19.3 Å². The highest BCUT2D eigenvalue weighted by atomic mass is 16.5. The molecule has 0 aromatic carbocycles. The Morgan fingerprint density at radius 3 is 2.78 bits per heavy atom. The molecule has 2 N–H and O–H groups in total. The van der Waals surface area contributed by atoms with Gasteiger partial charge in [0.2, 0.25) is 0 Å². The van der Waals surface area contributed by atoms with Crippen molar-refractivity contribution in [1.82, 2.24) is 4.90 Å². The van der Waals surface area contributed by atoms with Crippen molar-refractivity contribution in [3.05, 3.63) is 0 Å². The van der Waals surface area contributed by atoms with Crippen LogP contribution >= 0.6 is 0 Å². The average Bonchev–Trinajstić information content (AvgIpc) is 2.42. The van der Waals surface area contributed by atoms with Gasteiger partial charge in [0.05, 0.1) is 13.2 Å². The van der Waals surface area contributed by atoms with Crippen molar-refractivity contribution >= 4 is 0 Å². The SMILES string of the molecule is OCCC1CCCCN1CC1(CO)CCCOC1. The number of piperidine rings is 1. The molecule has 0 saturated carbocycles. The van der Waals surface area contributed by atoms with E-state index < -0.39 is 0 Å². The fourth-order valence-electron chi connectivity index (χ4n) is 3.38. The number of aliphatic hydroxyl groups excluding tert-OH is 2. The Morgan fingerprint density at radius 1 is 1.22 bits per heavy atom. The molecule has 2 saturated heterocycles. The summed E-state index contributed by atoms with van der Waals surface area (Å²) in [7, 11) is 0. The van der Waals surface area contributed by atoms with Gasteiger partial charge in [-0.3, -0.25) is 4.90 Å². The van der Waals surface area contributed by atoms with Gasteiger partial charge >= 0.3 is 0 Å². The zero-order valence-corrected chi connectivity index (χ0v) is 11.3. The van der Waals surface area contributed by atoms with E-state index in [1.54, 1.807) is 0 Å². The standard InChI is InChI=1S/C14H27NO3/c16-8-5-13-4-1-2-7-15(13)10-14(11-17)6-3-9-18-12-14/h13,16-17H,1-12H2. The van der Waals surface area contributed by atoms with E-state index in [9.17, 15) is 5.11 Å². The van der Waals surface area contributed by atoms with Crippen LogP contribution in [-0.2, 0) is 4.74 Å². The first-order valence-corrected chi connectivity index (χ1v) is 7.33. The summed E-state index contributed by atoms with van der Waals surface area (Å²) in [5.41, 5.74) is -0.0662. The first-order chi connectivity index (χ1) is 8.79. The smallest absolute Gasteiger partial charge is 0.0556 e.